The Morgan fingerprint density at radius 3 is 2.29 bits per heavy atom. The lowest BCUT2D eigenvalue weighted by Gasteiger charge is -2.37. The zero-order valence-corrected chi connectivity index (χ0v) is 9.62. The van der Waals surface area contributed by atoms with Crippen molar-refractivity contribution >= 4 is 5.78 Å². The average molecular weight is 198 g/mol. The Morgan fingerprint density at radius 2 is 1.86 bits per heavy atom. The van der Waals surface area contributed by atoms with Crippen LogP contribution in [0.5, 0.6) is 0 Å². The van der Waals surface area contributed by atoms with E-state index in [0.717, 1.165) is 39.0 Å². The molecule has 3 heteroatoms. The predicted octanol–water partition coefficient (Wildman–Crippen LogP) is 0.991. The van der Waals surface area contributed by atoms with Crippen LogP contribution in [0.1, 0.15) is 26.7 Å². The highest BCUT2D eigenvalue weighted by atomic mass is 16.1. The summed E-state index contributed by atoms with van der Waals surface area (Å²) in [6.45, 7) is 8.36. The molecule has 0 aromatic heterocycles. The molecule has 1 aliphatic rings. The van der Waals surface area contributed by atoms with Gasteiger partial charge in [0.15, 0.2) is 0 Å². The fourth-order valence-electron chi connectivity index (χ4n) is 2.05. The first kappa shape index (κ1) is 11.7. The summed E-state index contributed by atoms with van der Waals surface area (Å²) < 4.78 is 0. The molecule has 0 bridgehead atoms. The van der Waals surface area contributed by atoms with Crippen LogP contribution in [0.3, 0.4) is 0 Å². The minimum atomic E-state index is 0.316. The van der Waals surface area contributed by atoms with Crippen LogP contribution in [0.25, 0.3) is 0 Å². The summed E-state index contributed by atoms with van der Waals surface area (Å²) in [7, 11) is 2.16. The summed E-state index contributed by atoms with van der Waals surface area (Å²) in [6.07, 6.45) is 1.81. The van der Waals surface area contributed by atoms with Gasteiger partial charge in [-0.05, 0) is 20.4 Å². The van der Waals surface area contributed by atoms with Gasteiger partial charge in [-0.1, -0.05) is 6.92 Å². The third kappa shape index (κ3) is 3.39. The lowest BCUT2D eigenvalue weighted by molar-refractivity contribution is -0.118. The molecule has 0 radical (unpaired) electrons. The Bertz CT molecular complexity index is 186. The number of ketones is 1. The predicted molar refractivity (Wildman–Crippen MR) is 58.4 cm³/mol. The average Bonchev–Trinajstić information content (AvgIpc) is 2.15. The lowest BCUT2D eigenvalue weighted by atomic mass is 10.1. The van der Waals surface area contributed by atoms with Gasteiger partial charge in [0.05, 0.1) is 0 Å². The molecule has 1 heterocycles. The zero-order chi connectivity index (χ0) is 10.6. The summed E-state index contributed by atoms with van der Waals surface area (Å²) in [6, 6.07) is 0.473. The van der Waals surface area contributed by atoms with Gasteiger partial charge in [0.25, 0.3) is 0 Å². The minimum Gasteiger partial charge on any atom is -0.304 e. The summed E-state index contributed by atoms with van der Waals surface area (Å²) in [5.74, 6) is 0.316. The number of carbonyl (C=O) groups is 1. The van der Waals surface area contributed by atoms with Crippen LogP contribution in [0.2, 0.25) is 0 Å². The fourth-order valence-corrected chi connectivity index (χ4v) is 2.05. The molecule has 14 heavy (non-hydrogen) atoms. The van der Waals surface area contributed by atoms with Crippen LogP contribution in [0.15, 0.2) is 0 Å². The molecule has 0 N–H and O–H groups in total. The van der Waals surface area contributed by atoms with Crippen LogP contribution < -0.4 is 0 Å². The number of carbonyl (C=O) groups excluding carboxylic acids is 1. The normalized spacial score (nSPS) is 22.2. The molecule has 1 rings (SSSR count). The van der Waals surface area contributed by atoms with Crippen LogP contribution >= 0.6 is 0 Å². The fraction of sp³-hybridized carbons (Fsp3) is 0.909. The zero-order valence-electron chi connectivity index (χ0n) is 9.62. The highest BCUT2D eigenvalue weighted by molar-refractivity contribution is 5.76. The quantitative estimate of drug-likeness (QED) is 0.673. The number of hydrogen-bond donors (Lipinski definition) is 0. The van der Waals surface area contributed by atoms with E-state index in [2.05, 4.69) is 23.8 Å². The monoisotopic (exact) mass is 198 g/mol. The molecule has 0 spiro atoms. The summed E-state index contributed by atoms with van der Waals surface area (Å²) in [4.78, 5) is 15.9. The van der Waals surface area contributed by atoms with Crippen molar-refractivity contribution in [3.63, 3.8) is 0 Å². The minimum absolute atomic E-state index is 0.316. The second-order valence-corrected chi connectivity index (χ2v) is 4.31. The van der Waals surface area contributed by atoms with Crippen molar-refractivity contribution in [3.05, 3.63) is 0 Å². The van der Waals surface area contributed by atoms with Crippen molar-refractivity contribution in [2.45, 2.75) is 32.7 Å². The number of nitrogens with zero attached hydrogens (tertiary/aromatic N) is 2. The van der Waals surface area contributed by atoms with Gasteiger partial charge in [0.2, 0.25) is 0 Å². The van der Waals surface area contributed by atoms with Gasteiger partial charge in [-0.25, -0.2) is 0 Å². The lowest BCUT2D eigenvalue weighted by Crippen LogP contribution is -2.49. The third-order valence-electron chi connectivity index (χ3n) is 3.05. The molecule has 1 atom stereocenters. The van der Waals surface area contributed by atoms with Crippen LogP contribution in [-0.4, -0.2) is 54.9 Å². The summed E-state index contributed by atoms with van der Waals surface area (Å²) in [5, 5.41) is 0. The molecule has 3 nitrogen and oxygen atoms in total. The Morgan fingerprint density at radius 1 is 1.29 bits per heavy atom. The molecule has 0 aliphatic carbocycles. The van der Waals surface area contributed by atoms with Crippen LogP contribution in [-0.2, 0) is 4.79 Å². The smallest absolute Gasteiger partial charge is 0.131 e. The largest absolute Gasteiger partial charge is 0.304 e. The summed E-state index contributed by atoms with van der Waals surface area (Å²) in [5.41, 5.74) is 0. The maximum Gasteiger partial charge on any atom is 0.131 e. The van der Waals surface area contributed by atoms with Crippen molar-refractivity contribution in [1.29, 1.82) is 0 Å². The molecule has 0 amide bonds. The Labute approximate surface area is 87.1 Å². The molecule has 0 saturated carbocycles. The van der Waals surface area contributed by atoms with Gasteiger partial charge in [0.1, 0.15) is 5.78 Å². The van der Waals surface area contributed by atoms with Crippen LogP contribution in [0.4, 0.5) is 0 Å². The van der Waals surface area contributed by atoms with Crippen molar-refractivity contribution < 1.29 is 4.79 Å². The molecule has 1 saturated heterocycles. The van der Waals surface area contributed by atoms with Crippen molar-refractivity contribution in [2.75, 3.05) is 33.2 Å². The van der Waals surface area contributed by atoms with E-state index in [1.165, 1.54) is 0 Å². The summed E-state index contributed by atoms with van der Waals surface area (Å²) >= 11 is 0. The first-order valence-corrected chi connectivity index (χ1v) is 5.55. The van der Waals surface area contributed by atoms with E-state index in [-0.39, 0.29) is 0 Å². The van der Waals surface area contributed by atoms with Crippen LogP contribution in [0, 0.1) is 0 Å². The second kappa shape index (κ2) is 5.47. The van der Waals surface area contributed by atoms with Gasteiger partial charge in [0, 0.05) is 38.6 Å². The van der Waals surface area contributed by atoms with Crippen molar-refractivity contribution in [2.24, 2.45) is 0 Å². The van der Waals surface area contributed by atoms with E-state index in [1.54, 1.807) is 6.92 Å². The van der Waals surface area contributed by atoms with Gasteiger partial charge >= 0.3 is 0 Å². The van der Waals surface area contributed by atoms with E-state index < -0.39 is 0 Å². The van der Waals surface area contributed by atoms with Crippen molar-refractivity contribution in [1.82, 2.24) is 9.80 Å². The molecular weight excluding hydrogens is 176 g/mol. The van der Waals surface area contributed by atoms with Gasteiger partial charge in [-0.3, -0.25) is 9.69 Å². The maximum absolute atomic E-state index is 11.1. The van der Waals surface area contributed by atoms with Gasteiger partial charge in [-0.2, -0.15) is 0 Å². The SMILES string of the molecule is CCC(CC(C)=O)N1CCN(C)CC1. The third-order valence-corrected chi connectivity index (χ3v) is 3.05. The van der Waals surface area contributed by atoms with E-state index in [4.69, 9.17) is 0 Å². The first-order chi connectivity index (χ1) is 6.63. The number of likely N-dealkylation sites (N-methyl/N-ethyl adjacent to an activating group) is 1. The molecule has 0 aromatic carbocycles. The number of piperazine rings is 1. The Balaban J connectivity index is 2.40. The standard InChI is InChI=1S/C11H22N2O/c1-4-11(9-10(2)14)13-7-5-12(3)6-8-13/h11H,4-9H2,1-3H3. The Kier molecular flexibility index (Phi) is 4.55. The van der Waals surface area contributed by atoms with E-state index in [1.807, 2.05) is 0 Å². The molecule has 1 unspecified atom stereocenters. The topological polar surface area (TPSA) is 23.6 Å². The number of rotatable bonds is 4. The number of Topliss-reactive ketones (excluding diaryl/α,β-unsaturated/α-hetero) is 1. The van der Waals surface area contributed by atoms with Crippen molar-refractivity contribution in [3.8, 4) is 0 Å². The second-order valence-electron chi connectivity index (χ2n) is 4.31. The Hall–Kier alpha value is -0.410. The molecule has 82 valence electrons. The highest BCUT2D eigenvalue weighted by Crippen LogP contribution is 2.11. The van der Waals surface area contributed by atoms with E-state index in [0.29, 0.717) is 11.8 Å². The van der Waals surface area contributed by atoms with E-state index >= 15 is 0 Å². The highest BCUT2D eigenvalue weighted by Gasteiger charge is 2.21. The molecule has 0 aromatic rings. The molecule has 1 aliphatic heterocycles. The van der Waals surface area contributed by atoms with E-state index in [9.17, 15) is 4.79 Å². The molecule has 1 fully saturated rings. The molecular formula is C11H22N2O. The maximum atomic E-state index is 11.1. The first-order valence-electron chi connectivity index (χ1n) is 5.55. The van der Waals surface area contributed by atoms with Gasteiger partial charge in [-0.15, -0.1) is 0 Å². The number of hydrogen-bond acceptors (Lipinski definition) is 3. The van der Waals surface area contributed by atoms with Gasteiger partial charge < -0.3 is 4.90 Å².